The summed E-state index contributed by atoms with van der Waals surface area (Å²) < 4.78 is 12.9. The van der Waals surface area contributed by atoms with Crippen LogP contribution >= 0.6 is 12.4 Å². The average molecular weight is 230 g/mol. The highest BCUT2D eigenvalue weighted by Gasteiger charge is 2.12. The van der Waals surface area contributed by atoms with Gasteiger partial charge in [-0.15, -0.1) is 12.4 Å². The van der Waals surface area contributed by atoms with Gasteiger partial charge < -0.3 is 5.32 Å². The standard InChI is InChI=1S/C12H16FN.ClH/c13-11-5-3-4-10(8-11)9-12-6-1-2-7-14-12;/h3-5,8,12,14H,1-2,6-7,9H2;1H. The van der Waals surface area contributed by atoms with Crippen molar-refractivity contribution in [3.63, 3.8) is 0 Å². The van der Waals surface area contributed by atoms with Crippen LogP contribution in [0.25, 0.3) is 0 Å². The molecule has 1 fully saturated rings. The number of nitrogens with one attached hydrogen (secondary N) is 1. The van der Waals surface area contributed by atoms with Crippen molar-refractivity contribution in [1.29, 1.82) is 0 Å². The Labute approximate surface area is 96.5 Å². The number of halogens is 2. The van der Waals surface area contributed by atoms with Gasteiger partial charge in [0.05, 0.1) is 0 Å². The zero-order chi connectivity index (χ0) is 9.80. The van der Waals surface area contributed by atoms with Crippen LogP contribution in [-0.2, 0) is 6.42 Å². The SMILES string of the molecule is Cl.Fc1cccc(CC2CCCCN2)c1. The van der Waals surface area contributed by atoms with Gasteiger partial charge in [0.25, 0.3) is 0 Å². The summed E-state index contributed by atoms with van der Waals surface area (Å²) in [7, 11) is 0. The Bertz CT molecular complexity index is 297. The van der Waals surface area contributed by atoms with Crippen LogP contribution < -0.4 is 5.32 Å². The van der Waals surface area contributed by atoms with Crippen LogP contribution in [0.5, 0.6) is 0 Å². The largest absolute Gasteiger partial charge is 0.314 e. The topological polar surface area (TPSA) is 12.0 Å². The lowest BCUT2D eigenvalue weighted by atomic mass is 9.98. The van der Waals surface area contributed by atoms with Crippen molar-refractivity contribution < 1.29 is 4.39 Å². The molecule has 1 aliphatic heterocycles. The number of hydrogen-bond donors (Lipinski definition) is 1. The monoisotopic (exact) mass is 229 g/mol. The summed E-state index contributed by atoms with van der Waals surface area (Å²) in [6, 6.07) is 7.46. The fourth-order valence-electron chi connectivity index (χ4n) is 2.05. The van der Waals surface area contributed by atoms with Crippen molar-refractivity contribution in [2.75, 3.05) is 6.54 Å². The van der Waals surface area contributed by atoms with Crippen molar-refractivity contribution in [3.8, 4) is 0 Å². The van der Waals surface area contributed by atoms with E-state index in [0.29, 0.717) is 6.04 Å². The second-order valence-electron chi connectivity index (χ2n) is 3.98. The van der Waals surface area contributed by atoms with Crippen LogP contribution in [0.4, 0.5) is 4.39 Å². The number of piperidine rings is 1. The number of hydrogen-bond acceptors (Lipinski definition) is 1. The van der Waals surface area contributed by atoms with E-state index in [9.17, 15) is 4.39 Å². The third kappa shape index (κ3) is 3.80. The molecule has 0 bridgehead atoms. The molecule has 0 spiro atoms. The molecular formula is C12H17ClFN. The van der Waals surface area contributed by atoms with Gasteiger partial charge in [0, 0.05) is 6.04 Å². The molecule has 1 saturated heterocycles. The molecule has 84 valence electrons. The first-order valence-corrected chi connectivity index (χ1v) is 5.32. The molecule has 2 rings (SSSR count). The zero-order valence-electron chi connectivity index (χ0n) is 8.71. The minimum Gasteiger partial charge on any atom is -0.314 e. The van der Waals surface area contributed by atoms with Gasteiger partial charge in [0.1, 0.15) is 5.82 Å². The molecule has 1 aromatic rings. The van der Waals surface area contributed by atoms with Crippen molar-refractivity contribution in [2.24, 2.45) is 0 Å². The summed E-state index contributed by atoms with van der Waals surface area (Å²) in [5.74, 6) is -0.127. The van der Waals surface area contributed by atoms with Crippen molar-refractivity contribution >= 4 is 12.4 Å². The van der Waals surface area contributed by atoms with Gasteiger partial charge in [0.15, 0.2) is 0 Å². The van der Waals surface area contributed by atoms with E-state index in [1.54, 1.807) is 12.1 Å². The van der Waals surface area contributed by atoms with E-state index in [2.05, 4.69) is 5.32 Å². The highest BCUT2D eigenvalue weighted by molar-refractivity contribution is 5.85. The molecule has 0 amide bonds. The van der Waals surface area contributed by atoms with E-state index < -0.39 is 0 Å². The third-order valence-corrected chi connectivity index (χ3v) is 2.78. The molecule has 1 unspecified atom stereocenters. The Hall–Kier alpha value is -0.600. The maximum absolute atomic E-state index is 12.9. The molecule has 1 nitrogen and oxygen atoms in total. The minimum absolute atomic E-state index is 0. The fourth-order valence-corrected chi connectivity index (χ4v) is 2.05. The van der Waals surface area contributed by atoms with Gasteiger partial charge in [-0.05, 0) is 43.5 Å². The predicted molar refractivity (Wildman–Crippen MR) is 63.0 cm³/mol. The van der Waals surface area contributed by atoms with E-state index in [0.717, 1.165) is 18.5 Å². The Morgan fingerprint density at radius 2 is 2.20 bits per heavy atom. The van der Waals surface area contributed by atoms with Crippen LogP contribution in [0, 0.1) is 5.82 Å². The normalized spacial score (nSPS) is 20.7. The smallest absolute Gasteiger partial charge is 0.123 e. The molecule has 0 saturated carbocycles. The summed E-state index contributed by atoms with van der Waals surface area (Å²) in [4.78, 5) is 0. The van der Waals surface area contributed by atoms with Crippen molar-refractivity contribution in [3.05, 3.63) is 35.6 Å². The van der Waals surface area contributed by atoms with Crippen LogP contribution in [0.3, 0.4) is 0 Å². The molecule has 1 aromatic carbocycles. The second kappa shape index (κ2) is 6.09. The van der Waals surface area contributed by atoms with Crippen molar-refractivity contribution in [2.45, 2.75) is 31.7 Å². The van der Waals surface area contributed by atoms with E-state index >= 15 is 0 Å². The first-order chi connectivity index (χ1) is 6.84. The molecule has 1 aliphatic rings. The van der Waals surface area contributed by atoms with E-state index in [1.807, 2.05) is 6.07 Å². The average Bonchev–Trinajstić information content (AvgIpc) is 2.19. The maximum Gasteiger partial charge on any atom is 0.123 e. The summed E-state index contributed by atoms with van der Waals surface area (Å²) in [6.07, 6.45) is 4.75. The second-order valence-corrected chi connectivity index (χ2v) is 3.98. The van der Waals surface area contributed by atoms with Gasteiger partial charge >= 0.3 is 0 Å². The Morgan fingerprint density at radius 1 is 1.33 bits per heavy atom. The lowest BCUT2D eigenvalue weighted by Gasteiger charge is -2.23. The molecule has 1 atom stereocenters. The maximum atomic E-state index is 12.9. The molecule has 1 heterocycles. The fraction of sp³-hybridized carbons (Fsp3) is 0.500. The summed E-state index contributed by atoms with van der Waals surface area (Å²) >= 11 is 0. The molecule has 0 aliphatic carbocycles. The Balaban J connectivity index is 0.00000112. The molecule has 1 N–H and O–H groups in total. The highest BCUT2D eigenvalue weighted by Crippen LogP contribution is 2.13. The molecular weight excluding hydrogens is 213 g/mol. The lowest BCUT2D eigenvalue weighted by Crippen LogP contribution is -2.35. The van der Waals surface area contributed by atoms with Crippen molar-refractivity contribution in [1.82, 2.24) is 5.32 Å². The van der Waals surface area contributed by atoms with Gasteiger partial charge in [-0.3, -0.25) is 0 Å². The van der Waals surface area contributed by atoms with E-state index in [-0.39, 0.29) is 18.2 Å². The third-order valence-electron chi connectivity index (χ3n) is 2.78. The van der Waals surface area contributed by atoms with Crippen LogP contribution in [0.1, 0.15) is 24.8 Å². The van der Waals surface area contributed by atoms with Crippen LogP contribution in [0.2, 0.25) is 0 Å². The predicted octanol–water partition coefficient (Wildman–Crippen LogP) is 2.93. The Kier molecular flexibility index (Phi) is 5.06. The number of rotatable bonds is 2. The number of benzene rings is 1. The van der Waals surface area contributed by atoms with Crippen LogP contribution in [0.15, 0.2) is 24.3 Å². The molecule has 15 heavy (non-hydrogen) atoms. The van der Waals surface area contributed by atoms with Gasteiger partial charge in [-0.1, -0.05) is 18.6 Å². The van der Waals surface area contributed by atoms with E-state index in [4.69, 9.17) is 0 Å². The molecule has 0 radical (unpaired) electrons. The lowest BCUT2D eigenvalue weighted by molar-refractivity contribution is 0.399. The van der Waals surface area contributed by atoms with Gasteiger partial charge in [-0.25, -0.2) is 4.39 Å². The molecule has 3 heteroatoms. The Morgan fingerprint density at radius 3 is 2.87 bits per heavy atom. The first-order valence-electron chi connectivity index (χ1n) is 5.32. The summed E-state index contributed by atoms with van der Waals surface area (Å²) in [5, 5.41) is 3.46. The first kappa shape index (κ1) is 12.5. The summed E-state index contributed by atoms with van der Waals surface area (Å²) in [6.45, 7) is 1.11. The molecule has 0 aromatic heterocycles. The van der Waals surface area contributed by atoms with Crippen LogP contribution in [-0.4, -0.2) is 12.6 Å². The van der Waals surface area contributed by atoms with E-state index in [1.165, 1.54) is 25.3 Å². The van der Waals surface area contributed by atoms with Gasteiger partial charge in [-0.2, -0.15) is 0 Å². The minimum atomic E-state index is -0.127. The van der Waals surface area contributed by atoms with Gasteiger partial charge in [0.2, 0.25) is 0 Å². The quantitative estimate of drug-likeness (QED) is 0.822. The summed E-state index contributed by atoms with van der Waals surface area (Å²) in [5.41, 5.74) is 1.10. The highest BCUT2D eigenvalue weighted by atomic mass is 35.5. The zero-order valence-corrected chi connectivity index (χ0v) is 9.52.